The van der Waals surface area contributed by atoms with Crippen molar-refractivity contribution in [3.63, 3.8) is 0 Å². The average Bonchev–Trinajstić information content (AvgIpc) is 3.17. The highest BCUT2D eigenvalue weighted by molar-refractivity contribution is 6.00. The van der Waals surface area contributed by atoms with Crippen LogP contribution in [0.25, 0.3) is 0 Å². The molecule has 112 valence electrons. The number of nitrogens with zero attached hydrogens (tertiary/aromatic N) is 2. The number of amidine groups is 1. The third-order valence-corrected chi connectivity index (χ3v) is 3.81. The molecule has 0 spiro atoms. The predicted octanol–water partition coefficient (Wildman–Crippen LogP) is 1.48. The molecule has 1 amide bonds. The number of aliphatic imine (C=N–C) groups is 1. The number of halogens is 1. The van der Waals surface area contributed by atoms with Gasteiger partial charge >= 0.3 is 0 Å². The van der Waals surface area contributed by atoms with Gasteiger partial charge in [-0.2, -0.15) is 0 Å². The Balaban J connectivity index is 1.79. The number of anilines is 1. The van der Waals surface area contributed by atoms with Gasteiger partial charge in [0.05, 0.1) is 24.3 Å². The lowest BCUT2D eigenvalue weighted by Gasteiger charge is -2.19. The maximum absolute atomic E-state index is 14.1. The van der Waals surface area contributed by atoms with E-state index in [-0.39, 0.29) is 11.5 Å². The number of carbonyl (C=O) groups excluding carboxylic acids is 1. The summed E-state index contributed by atoms with van der Waals surface area (Å²) in [7, 11) is 0. The summed E-state index contributed by atoms with van der Waals surface area (Å²) in [6.07, 6.45) is 1.98. The van der Waals surface area contributed by atoms with Crippen molar-refractivity contribution in [3.05, 3.63) is 29.6 Å². The molecule has 6 heteroatoms. The molecule has 0 aromatic heterocycles. The van der Waals surface area contributed by atoms with Crippen molar-refractivity contribution in [2.24, 2.45) is 4.99 Å². The van der Waals surface area contributed by atoms with Gasteiger partial charge in [0.2, 0.25) is 0 Å². The van der Waals surface area contributed by atoms with Gasteiger partial charge in [0.25, 0.3) is 5.91 Å². The van der Waals surface area contributed by atoms with Crippen LogP contribution in [0.15, 0.2) is 23.2 Å². The Morgan fingerprint density at radius 1 is 1.38 bits per heavy atom. The molecule has 21 heavy (non-hydrogen) atoms. The highest BCUT2D eigenvalue weighted by Crippen LogP contribution is 2.23. The summed E-state index contributed by atoms with van der Waals surface area (Å²) in [5.74, 6) is 0.145. The van der Waals surface area contributed by atoms with Gasteiger partial charge in [-0.3, -0.25) is 9.79 Å². The first-order valence-electron chi connectivity index (χ1n) is 7.34. The van der Waals surface area contributed by atoms with Gasteiger partial charge in [0.1, 0.15) is 11.7 Å². The van der Waals surface area contributed by atoms with Crippen molar-refractivity contribution in [2.45, 2.75) is 12.8 Å². The average molecular weight is 290 g/mol. The van der Waals surface area contributed by atoms with Crippen molar-refractivity contribution in [1.82, 2.24) is 10.2 Å². The lowest BCUT2D eigenvalue weighted by Crippen LogP contribution is -2.30. The monoisotopic (exact) mass is 290 g/mol. The van der Waals surface area contributed by atoms with E-state index in [1.54, 1.807) is 17.0 Å². The molecule has 2 aliphatic rings. The van der Waals surface area contributed by atoms with Crippen molar-refractivity contribution in [2.75, 3.05) is 38.0 Å². The molecule has 1 saturated heterocycles. The molecular formula is C15H19FN4O. The normalized spacial score (nSPS) is 17.6. The van der Waals surface area contributed by atoms with Gasteiger partial charge in [0.15, 0.2) is 0 Å². The van der Waals surface area contributed by atoms with Gasteiger partial charge in [-0.25, -0.2) is 4.39 Å². The molecule has 1 fully saturated rings. The number of benzene rings is 1. The first-order valence-corrected chi connectivity index (χ1v) is 7.34. The van der Waals surface area contributed by atoms with Crippen molar-refractivity contribution < 1.29 is 9.18 Å². The number of carbonyl (C=O) groups is 1. The quantitative estimate of drug-likeness (QED) is 0.883. The van der Waals surface area contributed by atoms with Crippen LogP contribution in [0.2, 0.25) is 0 Å². The van der Waals surface area contributed by atoms with E-state index in [1.807, 2.05) is 0 Å². The molecule has 2 heterocycles. The Bertz CT molecular complexity index is 567. The van der Waals surface area contributed by atoms with Crippen LogP contribution < -0.4 is 10.6 Å². The Morgan fingerprint density at radius 3 is 2.90 bits per heavy atom. The van der Waals surface area contributed by atoms with Crippen molar-refractivity contribution >= 4 is 17.4 Å². The van der Waals surface area contributed by atoms with Gasteiger partial charge in [-0.15, -0.1) is 0 Å². The minimum absolute atomic E-state index is 0.137. The summed E-state index contributed by atoms with van der Waals surface area (Å²) < 4.78 is 14.1. The van der Waals surface area contributed by atoms with E-state index >= 15 is 0 Å². The summed E-state index contributed by atoms with van der Waals surface area (Å²) in [5, 5.41) is 6.26. The Hall–Kier alpha value is -2.11. The van der Waals surface area contributed by atoms with E-state index < -0.39 is 5.82 Å². The minimum Gasteiger partial charge on any atom is -0.377 e. The van der Waals surface area contributed by atoms with E-state index in [9.17, 15) is 9.18 Å². The van der Waals surface area contributed by atoms with E-state index in [2.05, 4.69) is 15.6 Å². The number of hydrogen-bond acceptors (Lipinski definition) is 4. The number of nitrogens with one attached hydrogen (secondary N) is 2. The second-order valence-electron chi connectivity index (χ2n) is 5.27. The molecule has 0 unspecified atom stereocenters. The van der Waals surface area contributed by atoms with Crippen LogP contribution in [0.5, 0.6) is 0 Å². The van der Waals surface area contributed by atoms with E-state index in [0.29, 0.717) is 25.3 Å². The largest absolute Gasteiger partial charge is 0.377 e. The van der Waals surface area contributed by atoms with E-state index in [0.717, 1.165) is 31.8 Å². The van der Waals surface area contributed by atoms with Crippen molar-refractivity contribution in [3.8, 4) is 0 Å². The number of amides is 1. The summed E-state index contributed by atoms with van der Waals surface area (Å²) >= 11 is 0. The Labute approximate surface area is 123 Å². The fourth-order valence-electron chi connectivity index (χ4n) is 2.71. The Kier molecular flexibility index (Phi) is 4.03. The van der Waals surface area contributed by atoms with Gasteiger partial charge < -0.3 is 15.5 Å². The highest BCUT2D eigenvalue weighted by Gasteiger charge is 2.25. The smallest absolute Gasteiger partial charge is 0.258 e. The van der Waals surface area contributed by atoms with Crippen molar-refractivity contribution in [1.29, 1.82) is 0 Å². The second-order valence-corrected chi connectivity index (χ2v) is 5.27. The molecule has 0 radical (unpaired) electrons. The molecule has 1 aromatic carbocycles. The standard InChI is InChI=1S/C15H19FN4O/c16-11-4-3-5-12(19-10-13-17-6-7-18-13)14(11)15(21)20-8-1-2-9-20/h3-5,19H,1-2,6-10H2,(H,17,18). The molecule has 0 saturated carbocycles. The van der Waals surface area contributed by atoms with Gasteiger partial charge in [0, 0.05) is 19.6 Å². The fourth-order valence-corrected chi connectivity index (χ4v) is 2.71. The highest BCUT2D eigenvalue weighted by atomic mass is 19.1. The van der Waals surface area contributed by atoms with E-state index in [1.165, 1.54) is 6.07 Å². The van der Waals surface area contributed by atoms with Crippen LogP contribution >= 0.6 is 0 Å². The maximum atomic E-state index is 14.1. The molecule has 2 aliphatic heterocycles. The summed E-state index contributed by atoms with van der Waals surface area (Å²) in [4.78, 5) is 18.5. The molecule has 5 nitrogen and oxygen atoms in total. The SMILES string of the molecule is O=C(c1c(F)cccc1NCC1=NCCN1)N1CCCC1. The maximum Gasteiger partial charge on any atom is 0.258 e. The van der Waals surface area contributed by atoms with Gasteiger partial charge in [-0.05, 0) is 25.0 Å². The van der Waals surface area contributed by atoms with Crippen LogP contribution in [-0.2, 0) is 0 Å². The zero-order valence-electron chi connectivity index (χ0n) is 11.9. The first kappa shape index (κ1) is 13.9. The van der Waals surface area contributed by atoms with Crippen LogP contribution in [0.1, 0.15) is 23.2 Å². The minimum atomic E-state index is -0.474. The topological polar surface area (TPSA) is 56.7 Å². The molecule has 0 bridgehead atoms. The lowest BCUT2D eigenvalue weighted by atomic mass is 10.1. The van der Waals surface area contributed by atoms with Crippen LogP contribution in [0.3, 0.4) is 0 Å². The summed E-state index contributed by atoms with van der Waals surface area (Å²) in [6.45, 7) is 3.49. The molecule has 3 rings (SSSR count). The lowest BCUT2D eigenvalue weighted by molar-refractivity contribution is 0.0789. The molecule has 0 aliphatic carbocycles. The third kappa shape index (κ3) is 2.99. The van der Waals surface area contributed by atoms with Gasteiger partial charge in [-0.1, -0.05) is 6.07 Å². The molecular weight excluding hydrogens is 271 g/mol. The second kappa shape index (κ2) is 6.11. The molecule has 1 aromatic rings. The fraction of sp³-hybridized carbons (Fsp3) is 0.467. The van der Waals surface area contributed by atoms with Crippen LogP contribution in [0, 0.1) is 5.82 Å². The van der Waals surface area contributed by atoms with Crippen LogP contribution in [0.4, 0.5) is 10.1 Å². The zero-order valence-corrected chi connectivity index (χ0v) is 11.9. The molecule has 0 atom stereocenters. The van der Waals surface area contributed by atoms with Crippen LogP contribution in [-0.4, -0.2) is 49.4 Å². The number of hydrogen-bond donors (Lipinski definition) is 2. The first-order chi connectivity index (χ1) is 10.3. The summed E-state index contributed by atoms with van der Waals surface area (Å²) in [6, 6.07) is 4.68. The predicted molar refractivity (Wildman–Crippen MR) is 80.3 cm³/mol. The number of rotatable bonds is 4. The number of likely N-dealkylation sites (tertiary alicyclic amines) is 1. The third-order valence-electron chi connectivity index (χ3n) is 3.81. The molecule has 2 N–H and O–H groups in total. The zero-order chi connectivity index (χ0) is 14.7. The van der Waals surface area contributed by atoms with E-state index in [4.69, 9.17) is 0 Å². The summed E-state index contributed by atoms with van der Waals surface area (Å²) in [5.41, 5.74) is 0.668. The Morgan fingerprint density at radius 2 is 2.19 bits per heavy atom.